The van der Waals surface area contributed by atoms with Crippen LogP contribution < -0.4 is 5.32 Å². The number of fused-ring (bicyclic) bond motifs is 4. The van der Waals surface area contributed by atoms with Crippen LogP contribution in [0.1, 0.15) is 82.0 Å². The van der Waals surface area contributed by atoms with Gasteiger partial charge in [0.1, 0.15) is 0 Å². The maximum Gasteiger partial charge on any atom is 0.162 e. The van der Waals surface area contributed by atoms with Gasteiger partial charge in [0.15, 0.2) is 5.78 Å². The Bertz CT molecular complexity index is 1220. The molecule has 0 bridgehead atoms. The fourth-order valence-corrected chi connectivity index (χ4v) is 5.69. The summed E-state index contributed by atoms with van der Waals surface area (Å²) < 4.78 is 0. The van der Waals surface area contributed by atoms with Crippen LogP contribution in [0, 0.1) is 5.41 Å². The van der Waals surface area contributed by atoms with Crippen LogP contribution in [0.15, 0.2) is 60.3 Å². The van der Waals surface area contributed by atoms with Gasteiger partial charge in [0, 0.05) is 34.8 Å². The zero-order chi connectivity index (χ0) is 22.5. The number of nitrogens with one attached hydrogen (secondary N) is 1. The molecule has 1 unspecified atom stereocenters. The van der Waals surface area contributed by atoms with Gasteiger partial charge in [-0.1, -0.05) is 58.0 Å². The zero-order valence-electron chi connectivity index (χ0n) is 19.5. The number of hydrogen-bond acceptors (Lipinski definition) is 3. The van der Waals surface area contributed by atoms with Crippen LogP contribution >= 0.6 is 0 Å². The molecule has 3 aromatic rings. The normalized spacial score (nSPS) is 19.7. The first-order valence-electron chi connectivity index (χ1n) is 11.9. The molecule has 0 radical (unpaired) electrons. The van der Waals surface area contributed by atoms with Crippen LogP contribution in [0.2, 0.25) is 0 Å². The lowest BCUT2D eigenvalue weighted by molar-refractivity contribution is -0.118. The second-order valence-corrected chi connectivity index (χ2v) is 10.1. The fourth-order valence-electron chi connectivity index (χ4n) is 5.69. The number of hydrogen-bond donors (Lipinski definition) is 1. The second kappa shape index (κ2) is 7.88. The van der Waals surface area contributed by atoms with Gasteiger partial charge >= 0.3 is 0 Å². The monoisotopic (exact) mass is 424 g/mol. The molecule has 3 nitrogen and oxygen atoms in total. The average Bonchev–Trinajstić information content (AvgIpc) is 2.78. The highest BCUT2D eigenvalue weighted by atomic mass is 16.1. The molecule has 0 saturated heterocycles. The van der Waals surface area contributed by atoms with Crippen LogP contribution in [-0.4, -0.2) is 10.8 Å². The third-order valence-corrected chi connectivity index (χ3v) is 7.32. The Hall–Kier alpha value is -2.94. The van der Waals surface area contributed by atoms with Crippen molar-refractivity contribution in [2.24, 2.45) is 5.41 Å². The summed E-state index contributed by atoms with van der Waals surface area (Å²) in [5, 5.41) is 4.86. The van der Waals surface area contributed by atoms with E-state index in [1.165, 1.54) is 11.1 Å². The molecule has 1 aliphatic heterocycles. The Labute approximate surface area is 191 Å². The van der Waals surface area contributed by atoms with Crippen LogP contribution in [0.3, 0.4) is 0 Å². The number of carbonyl (C=O) groups excluding carboxylic acids is 1. The number of carbonyl (C=O) groups is 1. The number of benzene rings is 2. The van der Waals surface area contributed by atoms with Crippen molar-refractivity contribution in [1.82, 2.24) is 4.98 Å². The predicted molar refractivity (Wildman–Crippen MR) is 133 cm³/mol. The Kier molecular flexibility index (Phi) is 5.16. The van der Waals surface area contributed by atoms with Crippen molar-refractivity contribution < 1.29 is 4.79 Å². The fraction of sp³-hybridized carbons (Fsp3) is 0.379. The van der Waals surface area contributed by atoms with E-state index in [4.69, 9.17) is 0 Å². The highest BCUT2D eigenvalue weighted by Gasteiger charge is 2.40. The second-order valence-electron chi connectivity index (χ2n) is 10.1. The minimum atomic E-state index is -0.106. The predicted octanol–water partition coefficient (Wildman–Crippen LogP) is 7.45. The smallest absolute Gasteiger partial charge is 0.162 e. The summed E-state index contributed by atoms with van der Waals surface area (Å²) in [6, 6.07) is 17.2. The van der Waals surface area contributed by atoms with Crippen molar-refractivity contribution >= 4 is 27.9 Å². The zero-order valence-corrected chi connectivity index (χ0v) is 19.5. The molecular weight excluding hydrogens is 392 g/mol. The van der Waals surface area contributed by atoms with E-state index in [-0.39, 0.29) is 17.2 Å². The Morgan fingerprint density at radius 2 is 1.78 bits per heavy atom. The quantitative estimate of drug-likeness (QED) is 0.473. The maximum atomic E-state index is 13.5. The van der Waals surface area contributed by atoms with Gasteiger partial charge in [0.2, 0.25) is 0 Å². The molecule has 0 fully saturated rings. The van der Waals surface area contributed by atoms with Crippen molar-refractivity contribution in [3.63, 3.8) is 0 Å². The van der Waals surface area contributed by atoms with E-state index < -0.39 is 0 Å². The number of nitrogens with zero attached hydrogens (tertiary/aromatic N) is 1. The van der Waals surface area contributed by atoms with Gasteiger partial charge < -0.3 is 5.32 Å². The molecule has 164 valence electrons. The third kappa shape index (κ3) is 3.44. The molecule has 5 rings (SSSR count). The van der Waals surface area contributed by atoms with Crippen LogP contribution in [-0.2, 0) is 4.79 Å². The van der Waals surface area contributed by atoms with Gasteiger partial charge in [-0.3, -0.25) is 9.78 Å². The Morgan fingerprint density at radius 1 is 1.03 bits per heavy atom. The summed E-state index contributed by atoms with van der Waals surface area (Å²) in [5.74, 6) is 0.860. The maximum absolute atomic E-state index is 13.5. The lowest BCUT2D eigenvalue weighted by Gasteiger charge is -2.40. The summed E-state index contributed by atoms with van der Waals surface area (Å²) in [4.78, 5) is 18.1. The first-order valence-corrected chi connectivity index (χ1v) is 11.9. The summed E-state index contributed by atoms with van der Waals surface area (Å²) in [6.45, 7) is 8.92. The molecule has 2 heterocycles. The lowest BCUT2D eigenvalue weighted by Crippen LogP contribution is -2.33. The van der Waals surface area contributed by atoms with E-state index >= 15 is 0 Å². The first-order chi connectivity index (χ1) is 15.4. The molecule has 32 heavy (non-hydrogen) atoms. The standard InChI is InChI=1S/C29H32N2O/c1-5-18(6-2)19-9-11-20(12-10-19)28-27-22(16-29(3,4)17-25(27)32)26-21-8-7-15-30-23(21)13-14-24(26)31-28/h7-15,18,28,31H,5-6,16-17H2,1-4H3. The first kappa shape index (κ1) is 20.9. The lowest BCUT2D eigenvalue weighted by atomic mass is 9.68. The number of Topliss-reactive ketones (excluding diaryl/α,β-unsaturated/α-hetero) is 1. The molecule has 2 aromatic carbocycles. The number of allylic oxidation sites excluding steroid dienone is 1. The molecular formula is C29H32N2O. The van der Waals surface area contributed by atoms with Gasteiger partial charge in [-0.05, 0) is 65.5 Å². The van der Waals surface area contributed by atoms with Gasteiger partial charge in [-0.25, -0.2) is 0 Å². The van der Waals surface area contributed by atoms with Crippen molar-refractivity contribution in [3.05, 3.63) is 77.0 Å². The Morgan fingerprint density at radius 3 is 2.50 bits per heavy atom. The SMILES string of the molecule is CCC(CC)c1ccc(C2Nc3ccc4ncccc4c3C3=C2C(=O)CC(C)(C)C3)cc1. The Balaban J connectivity index is 1.67. The highest BCUT2D eigenvalue weighted by molar-refractivity contribution is 6.12. The van der Waals surface area contributed by atoms with Crippen molar-refractivity contribution in [2.75, 3.05) is 5.32 Å². The molecule has 1 aromatic heterocycles. The van der Waals surface area contributed by atoms with Crippen LogP contribution in [0.4, 0.5) is 5.69 Å². The molecule has 0 amide bonds. The van der Waals surface area contributed by atoms with E-state index in [1.807, 2.05) is 12.3 Å². The number of rotatable bonds is 4. The number of anilines is 1. The molecule has 3 heteroatoms. The molecule has 1 atom stereocenters. The topological polar surface area (TPSA) is 42.0 Å². The molecule has 1 N–H and O–H groups in total. The van der Waals surface area contributed by atoms with Crippen molar-refractivity contribution in [1.29, 1.82) is 0 Å². The summed E-state index contributed by atoms with van der Waals surface area (Å²) in [7, 11) is 0. The summed E-state index contributed by atoms with van der Waals surface area (Å²) >= 11 is 0. The van der Waals surface area contributed by atoms with Crippen molar-refractivity contribution in [3.8, 4) is 0 Å². The number of aromatic nitrogens is 1. The molecule has 2 aliphatic rings. The van der Waals surface area contributed by atoms with E-state index in [2.05, 4.69) is 80.5 Å². The third-order valence-electron chi connectivity index (χ3n) is 7.32. The summed E-state index contributed by atoms with van der Waals surface area (Å²) in [6.07, 6.45) is 5.62. The average molecular weight is 425 g/mol. The largest absolute Gasteiger partial charge is 0.373 e. The summed E-state index contributed by atoms with van der Waals surface area (Å²) in [5.41, 5.74) is 7.90. The van der Waals surface area contributed by atoms with Crippen molar-refractivity contribution in [2.45, 2.75) is 65.3 Å². The highest BCUT2D eigenvalue weighted by Crippen LogP contribution is 2.51. The van der Waals surface area contributed by atoms with Gasteiger partial charge in [0.25, 0.3) is 0 Å². The molecule has 0 saturated carbocycles. The minimum absolute atomic E-state index is 0.0429. The van der Waals surface area contributed by atoms with E-state index in [1.54, 1.807) is 0 Å². The van der Waals surface area contributed by atoms with Gasteiger partial charge in [-0.2, -0.15) is 0 Å². The van der Waals surface area contributed by atoms with E-state index in [0.717, 1.165) is 52.6 Å². The van der Waals surface area contributed by atoms with E-state index in [0.29, 0.717) is 12.3 Å². The van der Waals surface area contributed by atoms with Gasteiger partial charge in [-0.15, -0.1) is 0 Å². The van der Waals surface area contributed by atoms with Crippen LogP contribution in [0.25, 0.3) is 16.5 Å². The number of pyridine rings is 1. The minimum Gasteiger partial charge on any atom is -0.373 e. The van der Waals surface area contributed by atoms with Gasteiger partial charge in [0.05, 0.1) is 11.6 Å². The van der Waals surface area contributed by atoms with E-state index in [9.17, 15) is 4.79 Å². The molecule has 1 aliphatic carbocycles. The van der Waals surface area contributed by atoms with Crippen LogP contribution in [0.5, 0.6) is 0 Å². The number of ketones is 1. The molecule has 0 spiro atoms.